The molecule has 1 aliphatic carbocycles. The van der Waals surface area contributed by atoms with E-state index in [1.165, 1.54) is 41.8 Å². The van der Waals surface area contributed by atoms with Crippen molar-refractivity contribution in [3.05, 3.63) is 89.5 Å². The zero-order valence-electron chi connectivity index (χ0n) is 18.7. The molecule has 158 valence electrons. The van der Waals surface area contributed by atoms with Crippen LogP contribution in [0.4, 0.5) is 0 Å². The number of hydrogen-bond donors (Lipinski definition) is 0. The molecule has 0 aromatic heterocycles. The van der Waals surface area contributed by atoms with Crippen molar-refractivity contribution >= 4 is 14.0 Å². The van der Waals surface area contributed by atoms with E-state index in [4.69, 9.17) is 0 Å². The zero-order chi connectivity index (χ0) is 20.7. The van der Waals surface area contributed by atoms with Gasteiger partial charge in [-0.1, -0.05) is 68.7 Å². The summed E-state index contributed by atoms with van der Waals surface area (Å²) in [6, 6.07) is 23.4. The number of benzene rings is 2. The predicted molar refractivity (Wildman–Crippen MR) is 121 cm³/mol. The molecule has 0 nitrogen and oxygen atoms in total. The first-order chi connectivity index (χ1) is 13.3. The van der Waals surface area contributed by atoms with E-state index < -0.39 is 0 Å². The standard InChI is InChI=1S/C15H11.C9H13.C3H6.2ClH.Zr/c1-2-6-12(7-3-1)15-11-10-13-8-4-5-9-14(13)15;1-6-5-7(2)9(4)8(6)3;1-3-2;;;/h1-11H;6H,1-4H3;1-2H3;2*1H;/q2*-1;;;;+2/p-2. The summed E-state index contributed by atoms with van der Waals surface area (Å²) in [7, 11) is 0. The third-order valence-corrected chi connectivity index (χ3v) is 5.00. The molecule has 0 bridgehead atoms. The van der Waals surface area contributed by atoms with Crippen LogP contribution in [0.1, 0.15) is 41.5 Å². The van der Waals surface area contributed by atoms with Gasteiger partial charge in [0.2, 0.25) is 0 Å². The topological polar surface area (TPSA) is 0 Å². The van der Waals surface area contributed by atoms with Gasteiger partial charge in [0.05, 0.1) is 0 Å². The Morgan fingerprint density at radius 2 is 1.43 bits per heavy atom. The molecule has 1 unspecified atom stereocenters. The van der Waals surface area contributed by atoms with Crippen molar-refractivity contribution in [1.29, 1.82) is 0 Å². The number of fused-ring (bicyclic) bond motifs is 1. The van der Waals surface area contributed by atoms with Crippen LogP contribution in [0.15, 0.2) is 83.4 Å². The van der Waals surface area contributed by atoms with Gasteiger partial charge in [-0.05, 0) is 0 Å². The number of allylic oxidation sites excluding steroid dienone is 4. The average molecular weight is 517 g/mol. The molecule has 3 aromatic carbocycles. The van der Waals surface area contributed by atoms with E-state index in [1.54, 1.807) is 24.2 Å². The van der Waals surface area contributed by atoms with Crippen LogP contribution in [0.5, 0.6) is 0 Å². The van der Waals surface area contributed by atoms with Gasteiger partial charge in [0.1, 0.15) is 0 Å². The molecule has 0 radical (unpaired) electrons. The summed E-state index contributed by atoms with van der Waals surface area (Å²) in [6.07, 6.45) is 3.36. The van der Waals surface area contributed by atoms with Crippen LogP contribution in [0.25, 0.3) is 21.9 Å². The van der Waals surface area contributed by atoms with Crippen LogP contribution in [0.3, 0.4) is 0 Å². The number of halogens is 2. The molecule has 3 heteroatoms. The smallest absolute Gasteiger partial charge is 0.0623 e. The Morgan fingerprint density at radius 3 is 1.90 bits per heavy atom. The second kappa shape index (κ2) is 14.0. The van der Waals surface area contributed by atoms with Gasteiger partial charge in [-0.3, -0.25) is 6.08 Å². The van der Waals surface area contributed by atoms with Crippen LogP contribution >= 0.6 is 0 Å². The Labute approximate surface area is 210 Å². The van der Waals surface area contributed by atoms with E-state index in [-0.39, 0.29) is 24.8 Å². The average Bonchev–Trinajstić information content (AvgIpc) is 3.20. The van der Waals surface area contributed by atoms with E-state index in [9.17, 15) is 0 Å². The van der Waals surface area contributed by atoms with Gasteiger partial charge >= 0.3 is 41.3 Å². The number of rotatable bonds is 1. The van der Waals surface area contributed by atoms with Crippen molar-refractivity contribution in [3.63, 3.8) is 0 Å². The van der Waals surface area contributed by atoms with E-state index >= 15 is 0 Å². The summed E-state index contributed by atoms with van der Waals surface area (Å²) in [6.45, 7) is 12.9. The number of hydrogen-bond acceptors (Lipinski definition) is 0. The maximum atomic E-state index is 3.36. The van der Waals surface area contributed by atoms with Gasteiger partial charge in [0, 0.05) is 0 Å². The summed E-state index contributed by atoms with van der Waals surface area (Å²) < 4.78 is 1.51. The van der Waals surface area contributed by atoms with E-state index in [2.05, 4.69) is 114 Å². The van der Waals surface area contributed by atoms with Crippen LogP contribution in [0, 0.1) is 12.0 Å². The molecule has 0 aliphatic heterocycles. The first kappa shape index (κ1) is 28.9. The second-order valence-corrected chi connectivity index (χ2v) is 9.96. The van der Waals surface area contributed by atoms with Crippen LogP contribution in [-0.2, 0) is 24.2 Å². The molecular weight excluding hydrogens is 486 g/mol. The fourth-order valence-corrected chi connectivity index (χ4v) is 3.18. The Hall–Kier alpha value is -1.14. The summed E-state index contributed by atoms with van der Waals surface area (Å²) in [5.74, 6) is 0.560. The largest absolute Gasteiger partial charge is 1.00 e. The van der Waals surface area contributed by atoms with Gasteiger partial charge in [0.25, 0.3) is 0 Å². The van der Waals surface area contributed by atoms with E-state index in [0.717, 1.165) is 0 Å². The van der Waals surface area contributed by atoms with Crippen molar-refractivity contribution < 1.29 is 49.0 Å². The van der Waals surface area contributed by atoms with Crippen LogP contribution in [-0.4, -0.2) is 3.21 Å². The minimum atomic E-state index is 0. The molecule has 1 atom stereocenters. The molecule has 0 fully saturated rings. The maximum Gasteiger partial charge on any atom is -0.0623 e. The molecule has 0 saturated heterocycles. The third kappa shape index (κ3) is 8.18. The van der Waals surface area contributed by atoms with Crippen LogP contribution in [0.2, 0.25) is 0 Å². The van der Waals surface area contributed by atoms with Crippen molar-refractivity contribution in [1.82, 2.24) is 0 Å². The van der Waals surface area contributed by atoms with E-state index in [0.29, 0.717) is 5.92 Å². The minimum Gasteiger partial charge on any atom is -1.00 e. The van der Waals surface area contributed by atoms with Gasteiger partial charge in [-0.25, -0.2) is 5.57 Å². The Morgan fingerprint density at radius 1 is 0.900 bits per heavy atom. The summed E-state index contributed by atoms with van der Waals surface area (Å²) in [5, 5.41) is 2.65. The van der Waals surface area contributed by atoms with Crippen molar-refractivity contribution in [2.75, 3.05) is 0 Å². The summed E-state index contributed by atoms with van der Waals surface area (Å²) in [4.78, 5) is 0. The first-order valence-corrected chi connectivity index (χ1v) is 11.0. The van der Waals surface area contributed by atoms with Gasteiger partial charge in [0.15, 0.2) is 0 Å². The van der Waals surface area contributed by atoms with Crippen molar-refractivity contribution in [3.8, 4) is 11.1 Å². The minimum absolute atomic E-state index is 0. The quantitative estimate of drug-likeness (QED) is 0.432. The normalized spacial score (nSPS) is 14.4. The Kier molecular flexibility index (Phi) is 13.5. The van der Waals surface area contributed by atoms with Crippen molar-refractivity contribution in [2.45, 2.75) is 41.5 Å². The first-order valence-electron chi connectivity index (χ1n) is 9.80. The fraction of sp³-hybridized carbons (Fsp3) is 0.259. The van der Waals surface area contributed by atoms with Gasteiger partial charge in [-0.2, -0.15) is 11.1 Å². The molecule has 0 heterocycles. The van der Waals surface area contributed by atoms with Crippen LogP contribution < -0.4 is 24.8 Å². The van der Waals surface area contributed by atoms with Gasteiger partial charge in [-0.15, -0.1) is 53.6 Å². The fourth-order valence-electron chi connectivity index (χ4n) is 3.18. The molecule has 3 aromatic rings. The molecule has 4 rings (SSSR count). The van der Waals surface area contributed by atoms with Gasteiger partial charge < -0.3 is 24.8 Å². The third-order valence-electron chi connectivity index (χ3n) is 5.00. The second-order valence-electron chi connectivity index (χ2n) is 7.50. The van der Waals surface area contributed by atoms with Crippen molar-refractivity contribution in [2.24, 2.45) is 5.92 Å². The predicted octanol–water partition coefficient (Wildman–Crippen LogP) is 1.70. The molecule has 0 amide bonds. The van der Waals surface area contributed by atoms with E-state index in [1.807, 2.05) is 0 Å². The zero-order valence-corrected chi connectivity index (χ0v) is 22.7. The Balaban J connectivity index is 0.000000486. The SMILES string of the molecule is CC1=[C-]C(C)C(C)=C1C.C[C](C)=[Zr+2].[Cl-].[Cl-].c1ccc(-c2c[cH-]c3ccccc23)cc1. The molecule has 0 spiro atoms. The molecule has 1 aliphatic rings. The Bertz CT molecular complexity index is 990. The molecular formula is C27H30Cl2Zr-2. The molecule has 0 N–H and O–H groups in total. The molecule has 0 saturated carbocycles. The monoisotopic (exact) mass is 514 g/mol. The summed E-state index contributed by atoms with van der Waals surface area (Å²) >= 11 is 1.55. The maximum absolute atomic E-state index is 3.36. The molecule has 30 heavy (non-hydrogen) atoms. The summed E-state index contributed by atoms with van der Waals surface area (Å²) in [5.41, 5.74) is 6.86.